The van der Waals surface area contributed by atoms with Gasteiger partial charge < -0.3 is 5.11 Å². The number of aliphatic hydroxyl groups is 1. The molecule has 0 spiro atoms. The molecule has 1 aromatic rings. The molecule has 0 bridgehead atoms. The lowest BCUT2D eigenvalue weighted by molar-refractivity contribution is 0.0699. The first-order valence-corrected chi connectivity index (χ1v) is 7.57. The summed E-state index contributed by atoms with van der Waals surface area (Å²) in [5.41, 5.74) is 2.37. The van der Waals surface area contributed by atoms with Gasteiger partial charge in [-0.2, -0.15) is 0 Å². The van der Waals surface area contributed by atoms with Crippen molar-refractivity contribution in [1.29, 1.82) is 0 Å². The molecule has 0 saturated carbocycles. The molecular formula is C17H27NO. The highest BCUT2D eigenvalue weighted by Crippen LogP contribution is 2.23. The zero-order valence-corrected chi connectivity index (χ0v) is 12.5. The lowest BCUT2D eigenvalue weighted by atomic mass is 9.91. The number of likely N-dealkylation sites (tertiary alicyclic amines) is 1. The van der Waals surface area contributed by atoms with Crippen LogP contribution in [0.5, 0.6) is 0 Å². The van der Waals surface area contributed by atoms with Crippen LogP contribution in [-0.2, 0) is 6.42 Å². The normalized spacial score (nSPS) is 26.3. The van der Waals surface area contributed by atoms with Crippen LogP contribution in [0.25, 0.3) is 0 Å². The Morgan fingerprint density at radius 2 is 1.74 bits per heavy atom. The third kappa shape index (κ3) is 4.05. The van der Waals surface area contributed by atoms with Crippen LogP contribution in [0.15, 0.2) is 24.3 Å². The van der Waals surface area contributed by atoms with E-state index in [-0.39, 0.29) is 6.10 Å². The standard InChI is InChI=1S/C17H27NO/c1-4-15-5-7-16(8-6-15)17(19)12-18-10-13(2)9-14(3)11-18/h5-8,13-14,17,19H,4,9-12H2,1-3H3. The minimum atomic E-state index is -0.358. The lowest BCUT2D eigenvalue weighted by Gasteiger charge is -2.36. The number of hydrogen-bond acceptors (Lipinski definition) is 2. The molecule has 1 heterocycles. The smallest absolute Gasteiger partial charge is 0.0916 e. The minimum absolute atomic E-state index is 0.358. The maximum Gasteiger partial charge on any atom is 0.0916 e. The zero-order valence-electron chi connectivity index (χ0n) is 12.5. The minimum Gasteiger partial charge on any atom is -0.387 e. The molecule has 0 radical (unpaired) electrons. The molecule has 1 aliphatic heterocycles. The molecule has 3 unspecified atom stereocenters. The molecule has 1 N–H and O–H groups in total. The van der Waals surface area contributed by atoms with Crippen molar-refractivity contribution in [2.45, 2.75) is 39.7 Å². The van der Waals surface area contributed by atoms with Gasteiger partial charge in [0, 0.05) is 19.6 Å². The maximum atomic E-state index is 10.4. The Balaban J connectivity index is 1.93. The molecule has 2 rings (SSSR count). The van der Waals surface area contributed by atoms with E-state index in [9.17, 15) is 5.11 Å². The van der Waals surface area contributed by atoms with Gasteiger partial charge >= 0.3 is 0 Å². The average Bonchev–Trinajstić information content (AvgIpc) is 2.37. The van der Waals surface area contributed by atoms with Crippen molar-refractivity contribution in [3.63, 3.8) is 0 Å². The molecule has 0 amide bonds. The molecule has 19 heavy (non-hydrogen) atoms. The van der Waals surface area contributed by atoms with E-state index in [0.717, 1.165) is 43.5 Å². The molecule has 0 aliphatic carbocycles. The van der Waals surface area contributed by atoms with Crippen LogP contribution in [-0.4, -0.2) is 29.6 Å². The average molecular weight is 261 g/mol. The van der Waals surface area contributed by atoms with E-state index < -0.39 is 0 Å². The molecule has 3 atom stereocenters. The second-order valence-corrected chi connectivity index (χ2v) is 6.28. The quantitative estimate of drug-likeness (QED) is 0.899. The molecule has 2 nitrogen and oxygen atoms in total. The number of rotatable bonds is 4. The SMILES string of the molecule is CCc1ccc(C(O)CN2CC(C)CC(C)C2)cc1. The number of nitrogens with zero attached hydrogens (tertiary/aromatic N) is 1. The van der Waals surface area contributed by atoms with Crippen molar-refractivity contribution in [3.05, 3.63) is 35.4 Å². The summed E-state index contributed by atoms with van der Waals surface area (Å²) < 4.78 is 0. The van der Waals surface area contributed by atoms with Crippen LogP contribution >= 0.6 is 0 Å². The first kappa shape index (κ1) is 14.5. The Kier molecular flexibility index (Phi) is 5.00. The second-order valence-electron chi connectivity index (χ2n) is 6.28. The molecule has 106 valence electrons. The molecule has 1 fully saturated rings. The fraction of sp³-hybridized carbons (Fsp3) is 0.647. The Bertz CT molecular complexity index is 377. The summed E-state index contributed by atoms with van der Waals surface area (Å²) in [5, 5.41) is 10.4. The largest absolute Gasteiger partial charge is 0.387 e. The summed E-state index contributed by atoms with van der Waals surface area (Å²) in [6.07, 6.45) is 2.01. The first-order valence-electron chi connectivity index (χ1n) is 7.57. The fourth-order valence-electron chi connectivity index (χ4n) is 3.27. The van der Waals surface area contributed by atoms with Gasteiger partial charge in [0.2, 0.25) is 0 Å². The van der Waals surface area contributed by atoms with Crippen LogP contribution < -0.4 is 0 Å². The second kappa shape index (κ2) is 6.53. The van der Waals surface area contributed by atoms with Crippen LogP contribution in [0, 0.1) is 11.8 Å². The molecule has 2 heteroatoms. The van der Waals surface area contributed by atoms with E-state index in [1.807, 2.05) is 0 Å². The Hall–Kier alpha value is -0.860. The van der Waals surface area contributed by atoms with E-state index in [2.05, 4.69) is 49.9 Å². The summed E-state index contributed by atoms with van der Waals surface area (Å²) in [5.74, 6) is 1.50. The highest BCUT2D eigenvalue weighted by atomic mass is 16.3. The Morgan fingerprint density at radius 1 is 1.16 bits per heavy atom. The zero-order chi connectivity index (χ0) is 13.8. The summed E-state index contributed by atoms with van der Waals surface area (Å²) in [6, 6.07) is 8.39. The summed E-state index contributed by atoms with van der Waals surface area (Å²) in [4.78, 5) is 2.41. The fourth-order valence-corrected chi connectivity index (χ4v) is 3.27. The van der Waals surface area contributed by atoms with Crippen LogP contribution in [0.3, 0.4) is 0 Å². The van der Waals surface area contributed by atoms with Gasteiger partial charge in [-0.05, 0) is 35.8 Å². The first-order chi connectivity index (χ1) is 9.08. The van der Waals surface area contributed by atoms with Gasteiger partial charge in [0.15, 0.2) is 0 Å². The number of hydrogen-bond donors (Lipinski definition) is 1. The predicted molar refractivity (Wildman–Crippen MR) is 80.2 cm³/mol. The van der Waals surface area contributed by atoms with Crippen molar-refractivity contribution in [2.75, 3.05) is 19.6 Å². The molecular weight excluding hydrogens is 234 g/mol. The highest BCUT2D eigenvalue weighted by molar-refractivity contribution is 5.24. The van der Waals surface area contributed by atoms with Gasteiger partial charge in [0.25, 0.3) is 0 Å². The maximum absolute atomic E-state index is 10.4. The predicted octanol–water partition coefficient (Wildman–Crippen LogP) is 3.26. The van der Waals surface area contributed by atoms with E-state index in [0.29, 0.717) is 0 Å². The van der Waals surface area contributed by atoms with E-state index in [1.165, 1.54) is 12.0 Å². The van der Waals surface area contributed by atoms with E-state index in [1.54, 1.807) is 0 Å². The van der Waals surface area contributed by atoms with Crippen molar-refractivity contribution in [2.24, 2.45) is 11.8 Å². The van der Waals surface area contributed by atoms with Gasteiger partial charge in [-0.25, -0.2) is 0 Å². The molecule has 0 aromatic heterocycles. The summed E-state index contributed by atoms with van der Waals surface area (Å²) in [6.45, 7) is 9.78. The molecule has 1 aromatic carbocycles. The monoisotopic (exact) mass is 261 g/mol. The lowest BCUT2D eigenvalue weighted by Crippen LogP contribution is -2.40. The third-order valence-electron chi connectivity index (χ3n) is 4.15. The third-order valence-corrected chi connectivity index (χ3v) is 4.15. The topological polar surface area (TPSA) is 23.5 Å². The van der Waals surface area contributed by atoms with Gasteiger partial charge in [-0.15, -0.1) is 0 Å². The molecule has 1 aliphatic rings. The number of piperidine rings is 1. The Labute approximate surface area is 117 Å². The van der Waals surface area contributed by atoms with Crippen molar-refractivity contribution in [3.8, 4) is 0 Å². The van der Waals surface area contributed by atoms with Gasteiger partial charge in [0.05, 0.1) is 6.10 Å². The molecule has 1 saturated heterocycles. The van der Waals surface area contributed by atoms with Crippen LogP contribution in [0.1, 0.15) is 44.4 Å². The number of aliphatic hydroxyl groups excluding tert-OH is 1. The van der Waals surface area contributed by atoms with Crippen molar-refractivity contribution >= 4 is 0 Å². The van der Waals surface area contributed by atoms with Gasteiger partial charge in [-0.1, -0.05) is 45.0 Å². The van der Waals surface area contributed by atoms with Gasteiger partial charge in [0.1, 0.15) is 0 Å². The van der Waals surface area contributed by atoms with E-state index >= 15 is 0 Å². The summed E-state index contributed by atoms with van der Waals surface area (Å²) in [7, 11) is 0. The number of β-amino-alcohol motifs (C(OH)–C–C–N with tert-alkyl or cyclic N) is 1. The van der Waals surface area contributed by atoms with Crippen molar-refractivity contribution < 1.29 is 5.11 Å². The summed E-state index contributed by atoms with van der Waals surface area (Å²) >= 11 is 0. The Morgan fingerprint density at radius 3 is 2.26 bits per heavy atom. The highest BCUT2D eigenvalue weighted by Gasteiger charge is 2.23. The van der Waals surface area contributed by atoms with Crippen LogP contribution in [0.2, 0.25) is 0 Å². The van der Waals surface area contributed by atoms with Crippen molar-refractivity contribution in [1.82, 2.24) is 4.90 Å². The number of aryl methyl sites for hydroxylation is 1. The van der Waals surface area contributed by atoms with Gasteiger partial charge in [-0.3, -0.25) is 4.90 Å². The number of benzene rings is 1. The van der Waals surface area contributed by atoms with Crippen LogP contribution in [0.4, 0.5) is 0 Å². The van der Waals surface area contributed by atoms with E-state index in [4.69, 9.17) is 0 Å².